The van der Waals surface area contributed by atoms with Gasteiger partial charge in [-0.3, -0.25) is 19.7 Å². The number of ether oxygens (including phenoxy) is 1. The van der Waals surface area contributed by atoms with Gasteiger partial charge in [0.15, 0.2) is 5.78 Å². The molecule has 0 aliphatic rings. The van der Waals surface area contributed by atoms with Crippen LogP contribution in [0.1, 0.15) is 50.5 Å². The number of Topliss-reactive ketones (excluding diaryl/α,β-unsaturated/α-hetero) is 2. The summed E-state index contributed by atoms with van der Waals surface area (Å²) in [6.45, 7) is 8.98. The van der Waals surface area contributed by atoms with Crippen molar-refractivity contribution in [2.45, 2.75) is 40.0 Å². The van der Waals surface area contributed by atoms with Crippen LogP contribution in [0.15, 0.2) is 30.0 Å². The van der Waals surface area contributed by atoms with Crippen LogP contribution in [0.2, 0.25) is 0 Å². The third-order valence-electron chi connectivity index (χ3n) is 3.30. The van der Waals surface area contributed by atoms with Crippen LogP contribution in [0.4, 0.5) is 5.69 Å². The maximum absolute atomic E-state index is 12.5. The minimum Gasteiger partial charge on any atom is -0.501 e. The van der Waals surface area contributed by atoms with Crippen molar-refractivity contribution in [3.05, 3.63) is 51.3 Å². The molecule has 0 amide bonds. The number of nitro benzene ring substituents is 1. The number of benzene rings is 1. The highest BCUT2D eigenvalue weighted by atomic mass is 16.6. The highest BCUT2D eigenvalue weighted by Gasteiger charge is 2.27. The summed E-state index contributed by atoms with van der Waals surface area (Å²) in [4.78, 5) is 34.9. The molecule has 0 saturated heterocycles. The van der Waals surface area contributed by atoms with Gasteiger partial charge in [-0.05, 0) is 30.9 Å². The van der Waals surface area contributed by atoms with Crippen molar-refractivity contribution in [1.82, 2.24) is 0 Å². The summed E-state index contributed by atoms with van der Waals surface area (Å²) >= 11 is 0. The molecule has 0 radical (unpaired) electrons. The molecule has 0 unspecified atom stereocenters. The molecule has 0 atom stereocenters. The first-order chi connectivity index (χ1) is 10.6. The van der Waals surface area contributed by atoms with Crippen molar-refractivity contribution in [3.63, 3.8) is 0 Å². The fraction of sp³-hybridized carbons (Fsp3) is 0.412. The van der Waals surface area contributed by atoms with Crippen LogP contribution in [0, 0.1) is 10.1 Å². The van der Waals surface area contributed by atoms with Crippen LogP contribution in [-0.2, 0) is 14.9 Å². The van der Waals surface area contributed by atoms with Gasteiger partial charge in [-0.15, -0.1) is 0 Å². The summed E-state index contributed by atoms with van der Waals surface area (Å²) in [5.74, 6) is -1.21. The number of carbonyl (C=O) groups is 2. The van der Waals surface area contributed by atoms with Gasteiger partial charge in [-0.25, -0.2) is 0 Å². The largest absolute Gasteiger partial charge is 0.501 e. The molecule has 0 spiro atoms. The molecule has 0 aliphatic carbocycles. The van der Waals surface area contributed by atoms with E-state index in [9.17, 15) is 19.7 Å². The summed E-state index contributed by atoms with van der Waals surface area (Å²) in [6, 6.07) is 4.44. The van der Waals surface area contributed by atoms with E-state index in [1.807, 2.05) is 20.8 Å². The Morgan fingerprint density at radius 3 is 2.35 bits per heavy atom. The normalized spacial score (nSPS) is 12.0. The first kappa shape index (κ1) is 18.5. The van der Waals surface area contributed by atoms with Gasteiger partial charge in [0.2, 0.25) is 5.78 Å². The lowest BCUT2D eigenvalue weighted by molar-refractivity contribution is -0.385. The Kier molecular flexibility index (Phi) is 5.79. The minimum atomic E-state index is -0.710. The molecule has 0 N–H and O–H groups in total. The standard InChI is InChI=1S/C17H21NO5/c1-6-23-10-14(11(2)19)16(20)13-8-7-12(17(3,4)5)9-15(13)18(21)22/h7-10H,6H2,1-5H3. The lowest BCUT2D eigenvalue weighted by Crippen LogP contribution is -2.16. The van der Waals surface area contributed by atoms with Crippen LogP contribution in [0.25, 0.3) is 0 Å². The number of nitrogens with zero attached hydrogens (tertiary/aromatic N) is 1. The Balaban J connectivity index is 3.44. The molecule has 124 valence electrons. The molecule has 0 aromatic heterocycles. The van der Waals surface area contributed by atoms with E-state index in [-0.39, 0.29) is 28.8 Å². The number of nitro groups is 1. The zero-order valence-corrected chi connectivity index (χ0v) is 14.0. The van der Waals surface area contributed by atoms with Gasteiger partial charge in [0.05, 0.1) is 23.4 Å². The predicted molar refractivity (Wildman–Crippen MR) is 86.5 cm³/mol. The molecule has 6 heteroatoms. The van der Waals surface area contributed by atoms with E-state index in [4.69, 9.17) is 4.74 Å². The molecule has 0 aliphatic heterocycles. The molecule has 1 aromatic carbocycles. The van der Waals surface area contributed by atoms with Crippen molar-refractivity contribution in [1.29, 1.82) is 0 Å². The van der Waals surface area contributed by atoms with Gasteiger partial charge in [-0.1, -0.05) is 26.8 Å². The van der Waals surface area contributed by atoms with E-state index >= 15 is 0 Å². The SMILES string of the molecule is CCOC=C(C(C)=O)C(=O)c1ccc(C(C)(C)C)cc1[N+](=O)[O-]. The summed E-state index contributed by atoms with van der Waals surface area (Å²) < 4.78 is 5.00. The first-order valence-corrected chi connectivity index (χ1v) is 7.26. The van der Waals surface area contributed by atoms with Gasteiger partial charge in [0, 0.05) is 6.07 Å². The highest BCUT2D eigenvalue weighted by Crippen LogP contribution is 2.29. The highest BCUT2D eigenvalue weighted by molar-refractivity contribution is 6.26. The second-order valence-corrected chi connectivity index (χ2v) is 6.11. The predicted octanol–water partition coefficient (Wildman–Crippen LogP) is 3.58. The maximum Gasteiger partial charge on any atom is 0.280 e. The van der Waals surface area contributed by atoms with Crippen LogP contribution in [-0.4, -0.2) is 23.1 Å². The Bertz CT molecular complexity index is 668. The molecule has 1 aromatic rings. The quantitative estimate of drug-likeness (QED) is 0.152. The number of carbonyl (C=O) groups excluding carboxylic acids is 2. The molecule has 23 heavy (non-hydrogen) atoms. The smallest absolute Gasteiger partial charge is 0.280 e. The summed E-state index contributed by atoms with van der Waals surface area (Å²) in [5.41, 5.74) is -0.204. The van der Waals surface area contributed by atoms with E-state index in [0.717, 1.165) is 11.8 Å². The molecule has 0 heterocycles. The zero-order chi connectivity index (χ0) is 17.8. The molecular weight excluding hydrogens is 298 g/mol. The second kappa shape index (κ2) is 7.17. The monoisotopic (exact) mass is 319 g/mol. The Labute approximate surface area is 135 Å². The first-order valence-electron chi connectivity index (χ1n) is 7.26. The van der Waals surface area contributed by atoms with E-state index in [1.54, 1.807) is 13.0 Å². The zero-order valence-electron chi connectivity index (χ0n) is 14.0. The topological polar surface area (TPSA) is 86.5 Å². The third kappa shape index (κ3) is 4.48. The number of hydrogen-bond acceptors (Lipinski definition) is 5. The summed E-state index contributed by atoms with van der Waals surface area (Å²) in [5, 5.41) is 11.3. The lowest BCUT2D eigenvalue weighted by Gasteiger charge is -2.19. The Hall–Kier alpha value is -2.50. The van der Waals surface area contributed by atoms with E-state index in [1.165, 1.54) is 19.1 Å². The molecule has 0 bridgehead atoms. The average molecular weight is 319 g/mol. The number of allylic oxidation sites excluding steroid dienone is 1. The fourth-order valence-electron chi connectivity index (χ4n) is 1.95. The lowest BCUT2D eigenvalue weighted by atomic mass is 9.85. The number of rotatable bonds is 6. The Morgan fingerprint density at radius 2 is 1.91 bits per heavy atom. The molecular formula is C17H21NO5. The van der Waals surface area contributed by atoms with Gasteiger partial charge >= 0.3 is 0 Å². The van der Waals surface area contributed by atoms with Crippen molar-refractivity contribution < 1.29 is 19.2 Å². The van der Waals surface area contributed by atoms with Gasteiger partial charge in [0.1, 0.15) is 5.56 Å². The van der Waals surface area contributed by atoms with Gasteiger partial charge in [-0.2, -0.15) is 0 Å². The fourth-order valence-corrected chi connectivity index (χ4v) is 1.95. The van der Waals surface area contributed by atoms with Gasteiger partial charge in [0.25, 0.3) is 5.69 Å². The van der Waals surface area contributed by atoms with Crippen LogP contribution in [0.5, 0.6) is 0 Å². The Morgan fingerprint density at radius 1 is 1.30 bits per heavy atom. The number of ketones is 2. The maximum atomic E-state index is 12.5. The average Bonchev–Trinajstić information content (AvgIpc) is 2.45. The molecule has 0 fully saturated rings. The van der Waals surface area contributed by atoms with Crippen LogP contribution in [0.3, 0.4) is 0 Å². The van der Waals surface area contributed by atoms with Crippen molar-refractivity contribution >= 4 is 17.3 Å². The van der Waals surface area contributed by atoms with Gasteiger partial charge < -0.3 is 4.74 Å². The third-order valence-corrected chi connectivity index (χ3v) is 3.30. The second-order valence-electron chi connectivity index (χ2n) is 6.11. The van der Waals surface area contributed by atoms with Crippen molar-refractivity contribution in [2.75, 3.05) is 6.61 Å². The molecule has 1 rings (SSSR count). The van der Waals surface area contributed by atoms with Crippen molar-refractivity contribution in [2.24, 2.45) is 0 Å². The summed E-state index contributed by atoms with van der Waals surface area (Å²) in [6.07, 6.45) is 1.06. The van der Waals surface area contributed by atoms with Crippen molar-refractivity contribution in [3.8, 4) is 0 Å². The van der Waals surface area contributed by atoms with E-state index < -0.39 is 16.5 Å². The molecule has 6 nitrogen and oxygen atoms in total. The number of hydrogen-bond donors (Lipinski definition) is 0. The minimum absolute atomic E-state index is 0.121. The van der Waals surface area contributed by atoms with E-state index in [0.29, 0.717) is 0 Å². The van der Waals surface area contributed by atoms with E-state index in [2.05, 4.69) is 0 Å². The van der Waals surface area contributed by atoms with Crippen LogP contribution >= 0.6 is 0 Å². The van der Waals surface area contributed by atoms with Crippen LogP contribution < -0.4 is 0 Å². The summed E-state index contributed by atoms with van der Waals surface area (Å²) in [7, 11) is 0. The molecule has 0 saturated carbocycles.